The van der Waals surface area contributed by atoms with Crippen LogP contribution in [0.25, 0.3) is 0 Å². The molecule has 0 unspecified atom stereocenters. The van der Waals surface area contributed by atoms with Crippen molar-refractivity contribution in [3.63, 3.8) is 0 Å². The first kappa shape index (κ1) is 13.1. The average molecular weight is 308 g/mol. The van der Waals surface area contributed by atoms with Crippen LogP contribution in [0.2, 0.25) is 0 Å². The fraction of sp³-hybridized carbons (Fsp3) is 0.214. The van der Waals surface area contributed by atoms with Crippen LogP contribution >= 0.6 is 15.9 Å². The van der Waals surface area contributed by atoms with Crippen LogP contribution in [0.1, 0.15) is 11.1 Å². The minimum atomic E-state index is 0.160. The van der Waals surface area contributed by atoms with Crippen molar-refractivity contribution in [2.24, 2.45) is 0 Å². The molecule has 18 heavy (non-hydrogen) atoms. The molecule has 0 saturated heterocycles. The summed E-state index contributed by atoms with van der Waals surface area (Å²) in [7, 11) is 0. The highest BCUT2D eigenvalue weighted by Crippen LogP contribution is 2.24. The number of pyridine rings is 1. The summed E-state index contributed by atoms with van der Waals surface area (Å²) in [6.07, 6.45) is 2.37. The number of ether oxygens (including phenoxy) is 1. The number of aliphatic hydroxyl groups excluding tert-OH is 1. The molecule has 1 N–H and O–H groups in total. The maximum atomic E-state index is 8.84. The lowest BCUT2D eigenvalue weighted by Gasteiger charge is -2.08. The second-order valence-corrected chi connectivity index (χ2v) is 4.91. The molecule has 1 aromatic heterocycles. The van der Waals surface area contributed by atoms with Crippen LogP contribution in [0, 0.1) is 6.92 Å². The molecular formula is C14H14BrNO2. The van der Waals surface area contributed by atoms with Gasteiger partial charge in [0.25, 0.3) is 0 Å². The average Bonchev–Trinajstić information content (AvgIpc) is 2.35. The van der Waals surface area contributed by atoms with E-state index in [4.69, 9.17) is 9.84 Å². The Morgan fingerprint density at radius 3 is 2.61 bits per heavy atom. The molecule has 0 aliphatic rings. The third-order valence-electron chi connectivity index (χ3n) is 2.54. The lowest BCUT2D eigenvalue weighted by atomic mass is 10.1. The molecule has 4 heteroatoms. The van der Waals surface area contributed by atoms with Crippen molar-refractivity contribution < 1.29 is 9.84 Å². The molecule has 0 atom stereocenters. The zero-order chi connectivity index (χ0) is 13.0. The predicted octanol–water partition coefficient (Wildman–Crippen LogP) is 3.48. The van der Waals surface area contributed by atoms with E-state index in [2.05, 4.69) is 20.9 Å². The van der Waals surface area contributed by atoms with Gasteiger partial charge in [0.1, 0.15) is 5.75 Å². The largest absolute Gasteiger partial charge is 0.439 e. The van der Waals surface area contributed by atoms with Crippen molar-refractivity contribution in [1.82, 2.24) is 4.98 Å². The lowest BCUT2D eigenvalue weighted by molar-refractivity contribution is 0.299. The van der Waals surface area contributed by atoms with Crippen molar-refractivity contribution in [1.29, 1.82) is 0 Å². The van der Waals surface area contributed by atoms with Crippen molar-refractivity contribution in [2.45, 2.75) is 13.3 Å². The first-order valence-electron chi connectivity index (χ1n) is 5.69. The van der Waals surface area contributed by atoms with E-state index < -0.39 is 0 Å². The van der Waals surface area contributed by atoms with E-state index >= 15 is 0 Å². The van der Waals surface area contributed by atoms with Crippen LogP contribution < -0.4 is 4.74 Å². The maximum absolute atomic E-state index is 8.84. The van der Waals surface area contributed by atoms with Gasteiger partial charge in [-0.3, -0.25) is 0 Å². The molecule has 1 aromatic carbocycles. The van der Waals surface area contributed by atoms with Crippen LogP contribution in [0.3, 0.4) is 0 Å². The summed E-state index contributed by atoms with van der Waals surface area (Å²) in [5.41, 5.74) is 2.06. The number of aromatic nitrogens is 1. The van der Waals surface area contributed by atoms with E-state index in [9.17, 15) is 0 Å². The third kappa shape index (κ3) is 3.31. The summed E-state index contributed by atoms with van der Waals surface area (Å²) >= 11 is 3.37. The molecule has 0 fully saturated rings. The number of hydrogen-bond donors (Lipinski definition) is 1. The number of halogens is 1. The summed E-state index contributed by atoms with van der Waals surface area (Å²) in [6.45, 7) is 2.11. The first-order chi connectivity index (χ1) is 8.69. The Morgan fingerprint density at radius 1 is 1.28 bits per heavy atom. The van der Waals surface area contributed by atoms with Crippen LogP contribution in [-0.4, -0.2) is 16.7 Å². The Kier molecular flexibility index (Phi) is 4.33. The van der Waals surface area contributed by atoms with Gasteiger partial charge >= 0.3 is 0 Å². The Balaban J connectivity index is 2.13. The monoisotopic (exact) mass is 307 g/mol. The summed E-state index contributed by atoms with van der Waals surface area (Å²) in [5.74, 6) is 1.35. The van der Waals surface area contributed by atoms with E-state index in [0.717, 1.165) is 21.3 Å². The van der Waals surface area contributed by atoms with Crippen LogP contribution in [0.15, 0.2) is 41.0 Å². The standard InChI is InChI=1S/C14H14BrNO2/c1-10-8-12(15)9-16-14(10)18-13-4-2-11(3-5-13)6-7-17/h2-5,8-9,17H,6-7H2,1H3. The number of aliphatic hydroxyl groups is 1. The minimum Gasteiger partial charge on any atom is -0.439 e. The fourth-order valence-corrected chi connectivity index (χ4v) is 2.05. The van der Waals surface area contributed by atoms with E-state index in [-0.39, 0.29) is 6.61 Å². The van der Waals surface area contributed by atoms with E-state index in [1.54, 1.807) is 6.20 Å². The van der Waals surface area contributed by atoms with Gasteiger partial charge < -0.3 is 9.84 Å². The normalized spacial score (nSPS) is 10.4. The van der Waals surface area contributed by atoms with E-state index in [1.165, 1.54) is 0 Å². The molecule has 0 spiro atoms. The molecule has 1 heterocycles. The Bertz CT molecular complexity index is 526. The highest BCUT2D eigenvalue weighted by Gasteiger charge is 2.03. The molecule has 3 nitrogen and oxygen atoms in total. The van der Waals surface area contributed by atoms with Gasteiger partial charge in [-0.2, -0.15) is 0 Å². The Labute approximate surface area is 115 Å². The molecule has 0 bridgehead atoms. The third-order valence-corrected chi connectivity index (χ3v) is 2.97. The van der Waals surface area contributed by atoms with Gasteiger partial charge in [0.05, 0.1) is 0 Å². The molecule has 0 radical (unpaired) electrons. The summed E-state index contributed by atoms with van der Waals surface area (Å²) < 4.78 is 6.64. The van der Waals surface area contributed by atoms with Crippen molar-refractivity contribution >= 4 is 15.9 Å². The summed E-state index contributed by atoms with van der Waals surface area (Å²) in [6, 6.07) is 9.62. The number of benzene rings is 1. The summed E-state index contributed by atoms with van der Waals surface area (Å²) in [4.78, 5) is 4.22. The van der Waals surface area contributed by atoms with E-state index in [0.29, 0.717) is 12.3 Å². The number of hydrogen-bond acceptors (Lipinski definition) is 3. The molecule has 94 valence electrons. The Hall–Kier alpha value is -1.39. The fourth-order valence-electron chi connectivity index (χ4n) is 1.60. The van der Waals surface area contributed by atoms with Gasteiger partial charge in [-0.05, 0) is 53.0 Å². The molecular weight excluding hydrogens is 294 g/mol. The Morgan fingerprint density at radius 2 is 2.00 bits per heavy atom. The highest BCUT2D eigenvalue weighted by atomic mass is 79.9. The molecule has 0 aliphatic carbocycles. The zero-order valence-corrected chi connectivity index (χ0v) is 11.6. The minimum absolute atomic E-state index is 0.160. The van der Waals surface area contributed by atoms with Gasteiger partial charge in [-0.15, -0.1) is 0 Å². The molecule has 0 saturated carbocycles. The van der Waals surface area contributed by atoms with Crippen molar-refractivity contribution in [3.8, 4) is 11.6 Å². The van der Waals surface area contributed by atoms with Crippen LogP contribution in [0.4, 0.5) is 0 Å². The summed E-state index contributed by atoms with van der Waals surface area (Å²) in [5, 5.41) is 8.84. The first-order valence-corrected chi connectivity index (χ1v) is 6.48. The predicted molar refractivity (Wildman–Crippen MR) is 74.0 cm³/mol. The lowest BCUT2D eigenvalue weighted by Crippen LogP contribution is -1.93. The molecule has 2 rings (SSSR count). The van der Waals surface area contributed by atoms with Gasteiger partial charge in [0.2, 0.25) is 5.88 Å². The van der Waals surface area contributed by atoms with Gasteiger partial charge in [-0.25, -0.2) is 4.98 Å². The van der Waals surface area contributed by atoms with Gasteiger partial charge in [0.15, 0.2) is 0 Å². The smallest absolute Gasteiger partial charge is 0.222 e. The van der Waals surface area contributed by atoms with E-state index in [1.807, 2.05) is 37.3 Å². The topological polar surface area (TPSA) is 42.4 Å². The van der Waals surface area contributed by atoms with Crippen LogP contribution in [0.5, 0.6) is 11.6 Å². The number of rotatable bonds is 4. The van der Waals surface area contributed by atoms with Crippen molar-refractivity contribution in [3.05, 3.63) is 52.1 Å². The number of aryl methyl sites for hydroxylation is 1. The molecule has 0 aliphatic heterocycles. The van der Waals surface area contributed by atoms with Gasteiger partial charge in [-0.1, -0.05) is 12.1 Å². The molecule has 2 aromatic rings. The SMILES string of the molecule is Cc1cc(Br)cnc1Oc1ccc(CCO)cc1. The van der Waals surface area contributed by atoms with Crippen LogP contribution in [-0.2, 0) is 6.42 Å². The van der Waals surface area contributed by atoms with Gasteiger partial charge in [0, 0.05) is 22.8 Å². The molecule has 0 amide bonds. The zero-order valence-electron chi connectivity index (χ0n) is 10.1. The van der Waals surface area contributed by atoms with Crippen molar-refractivity contribution in [2.75, 3.05) is 6.61 Å². The quantitative estimate of drug-likeness (QED) is 0.940. The number of nitrogens with zero attached hydrogens (tertiary/aromatic N) is 1. The maximum Gasteiger partial charge on any atom is 0.222 e. The second kappa shape index (κ2) is 5.98. The second-order valence-electron chi connectivity index (χ2n) is 4.00. The highest BCUT2D eigenvalue weighted by molar-refractivity contribution is 9.10.